The molecule has 1 aliphatic rings. The minimum Gasteiger partial charge on any atom is -0.308 e. The Hall–Kier alpha value is -0.640. The van der Waals surface area contributed by atoms with Crippen LogP contribution >= 0.6 is 22.6 Å². The molecule has 0 saturated carbocycles. The van der Waals surface area contributed by atoms with Crippen molar-refractivity contribution in [3.63, 3.8) is 0 Å². The van der Waals surface area contributed by atoms with Crippen LogP contribution in [0.2, 0.25) is 0 Å². The largest absolute Gasteiger partial charge is 0.308 e. The minimum absolute atomic E-state index is 0.154. The Morgan fingerprint density at radius 2 is 2.13 bits per heavy atom. The van der Waals surface area contributed by atoms with Crippen molar-refractivity contribution in [1.82, 2.24) is 0 Å². The third-order valence-corrected chi connectivity index (χ3v) is 3.71. The van der Waals surface area contributed by atoms with Crippen LogP contribution < -0.4 is 0 Å². The van der Waals surface area contributed by atoms with Crippen molar-refractivity contribution in [2.45, 2.75) is 25.7 Å². The van der Waals surface area contributed by atoms with Crippen LogP contribution in [-0.2, 0) is 5.41 Å². The topological polar surface area (TPSA) is 23.9 Å². The van der Waals surface area contributed by atoms with Crippen LogP contribution in [0, 0.1) is 15.9 Å². The zero-order valence-electron chi connectivity index (χ0n) is 8.97. The van der Waals surface area contributed by atoms with Crippen LogP contribution in [0.4, 0.5) is 0 Å². The van der Waals surface area contributed by atoms with Gasteiger partial charge in [-0.3, -0.25) is 0 Å². The maximum atomic E-state index is 7.50. The number of nitrogens with one attached hydrogen (secondary N) is 1. The second-order valence-electron chi connectivity index (χ2n) is 4.36. The molecule has 2 heteroatoms. The lowest BCUT2D eigenvalue weighted by Gasteiger charge is -2.34. The minimum atomic E-state index is 0.154. The highest BCUT2D eigenvalue weighted by Crippen LogP contribution is 2.40. The Morgan fingerprint density at radius 3 is 2.60 bits per heavy atom. The van der Waals surface area contributed by atoms with Gasteiger partial charge in [-0.1, -0.05) is 19.1 Å². The highest BCUT2D eigenvalue weighted by Gasteiger charge is 2.31. The third-order valence-electron chi connectivity index (χ3n) is 3.09. The molecule has 0 heterocycles. The summed E-state index contributed by atoms with van der Waals surface area (Å²) in [7, 11) is 0. The third kappa shape index (κ3) is 1.75. The van der Waals surface area contributed by atoms with Crippen LogP contribution in [-0.4, -0.2) is 6.21 Å². The lowest BCUT2D eigenvalue weighted by atomic mass is 9.69. The predicted molar refractivity (Wildman–Crippen MR) is 72.9 cm³/mol. The van der Waals surface area contributed by atoms with Crippen LogP contribution in [0.5, 0.6) is 0 Å². The Balaban J connectivity index is 2.64. The summed E-state index contributed by atoms with van der Waals surface area (Å²) in [4.78, 5) is 0. The second-order valence-corrected chi connectivity index (χ2v) is 5.60. The van der Waals surface area contributed by atoms with Gasteiger partial charge in [0, 0.05) is 15.2 Å². The van der Waals surface area contributed by atoms with Crippen LogP contribution in [0.25, 0.3) is 0 Å². The number of hydrogen-bond donors (Lipinski definition) is 1. The Kier molecular flexibility index (Phi) is 2.71. The summed E-state index contributed by atoms with van der Waals surface area (Å²) in [6, 6.07) is 4.29. The van der Waals surface area contributed by atoms with E-state index in [-0.39, 0.29) is 5.41 Å². The molecule has 0 bridgehead atoms. The molecule has 1 aliphatic carbocycles. The molecule has 1 aromatic rings. The van der Waals surface area contributed by atoms with Crippen molar-refractivity contribution in [1.29, 1.82) is 5.41 Å². The molecular formula is C13H14IN. The van der Waals surface area contributed by atoms with Crippen molar-refractivity contribution in [3.05, 3.63) is 44.5 Å². The zero-order valence-corrected chi connectivity index (χ0v) is 11.1. The average molecular weight is 311 g/mol. The van der Waals surface area contributed by atoms with Gasteiger partial charge in [-0.05, 0) is 64.8 Å². The predicted octanol–water partition coefficient (Wildman–Crippen LogP) is 3.81. The van der Waals surface area contributed by atoms with Gasteiger partial charge in [0.15, 0.2) is 0 Å². The molecule has 1 nitrogen and oxygen atoms in total. The van der Waals surface area contributed by atoms with E-state index in [1.54, 1.807) is 0 Å². The molecular weight excluding hydrogens is 297 g/mol. The molecule has 2 rings (SSSR count). The van der Waals surface area contributed by atoms with Crippen LogP contribution in [0.1, 0.15) is 30.0 Å². The van der Waals surface area contributed by atoms with E-state index in [2.05, 4.69) is 60.7 Å². The highest BCUT2D eigenvalue weighted by atomic mass is 127. The molecule has 1 aromatic carbocycles. The van der Waals surface area contributed by atoms with E-state index in [0.29, 0.717) is 0 Å². The summed E-state index contributed by atoms with van der Waals surface area (Å²) < 4.78 is 1.21. The first-order valence-electron chi connectivity index (χ1n) is 5.05. The molecule has 15 heavy (non-hydrogen) atoms. The fourth-order valence-corrected chi connectivity index (χ4v) is 3.12. The molecule has 0 saturated heterocycles. The number of allylic oxidation sites excluding steroid dienone is 2. The van der Waals surface area contributed by atoms with Gasteiger partial charge in [0.05, 0.1) is 0 Å². The van der Waals surface area contributed by atoms with Crippen molar-refractivity contribution < 1.29 is 0 Å². The summed E-state index contributed by atoms with van der Waals surface area (Å²) in [5.41, 5.74) is 3.83. The average Bonchev–Trinajstić information content (AvgIpc) is 2.13. The molecule has 1 N–H and O–H groups in total. The summed E-state index contributed by atoms with van der Waals surface area (Å²) in [5.74, 6) is 0. The van der Waals surface area contributed by atoms with E-state index in [9.17, 15) is 0 Å². The SMILES string of the molecule is Cc1cc(I)cc(C=N)c1C1(C)C=CC1. The van der Waals surface area contributed by atoms with Gasteiger partial charge >= 0.3 is 0 Å². The molecule has 0 aliphatic heterocycles. The summed E-state index contributed by atoms with van der Waals surface area (Å²) in [5, 5.41) is 7.50. The molecule has 0 aromatic heterocycles. The lowest BCUT2D eigenvalue weighted by molar-refractivity contribution is 0.550. The smallest absolute Gasteiger partial charge is 0.0253 e. The standard InChI is InChI=1S/C13H14IN/c1-9-6-11(14)7-10(8-15)12(9)13(2)4-3-5-13/h3-4,6-8,15H,5H2,1-2H3. The number of rotatable bonds is 2. The van der Waals surface area contributed by atoms with Crippen LogP contribution in [0.15, 0.2) is 24.3 Å². The van der Waals surface area contributed by atoms with Crippen molar-refractivity contribution in [2.75, 3.05) is 0 Å². The van der Waals surface area contributed by atoms with Gasteiger partial charge in [-0.15, -0.1) is 0 Å². The van der Waals surface area contributed by atoms with Gasteiger partial charge < -0.3 is 5.41 Å². The van der Waals surface area contributed by atoms with Gasteiger partial charge in [0.2, 0.25) is 0 Å². The Labute approximate surface area is 104 Å². The first-order chi connectivity index (χ1) is 7.07. The van der Waals surface area contributed by atoms with Crippen LogP contribution in [0.3, 0.4) is 0 Å². The number of aryl methyl sites for hydroxylation is 1. The lowest BCUT2D eigenvalue weighted by Crippen LogP contribution is -2.27. The molecule has 0 spiro atoms. The number of hydrogen-bond acceptors (Lipinski definition) is 1. The molecule has 0 amide bonds. The summed E-state index contributed by atoms with van der Waals surface area (Å²) in [6.07, 6.45) is 7.01. The van der Waals surface area contributed by atoms with E-state index >= 15 is 0 Å². The fraction of sp³-hybridized carbons (Fsp3) is 0.308. The maximum absolute atomic E-state index is 7.50. The Morgan fingerprint density at radius 1 is 1.47 bits per heavy atom. The van der Waals surface area contributed by atoms with Crippen molar-refractivity contribution in [3.8, 4) is 0 Å². The molecule has 1 unspecified atom stereocenters. The first kappa shape index (κ1) is 10.9. The molecule has 78 valence electrons. The van der Waals surface area contributed by atoms with Gasteiger partial charge in [-0.25, -0.2) is 0 Å². The van der Waals surface area contributed by atoms with Gasteiger partial charge in [-0.2, -0.15) is 0 Å². The molecule has 1 atom stereocenters. The van der Waals surface area contributed by atoms with E-state index in [0.717, 1.165) is 12.0 Å². The van der Waals surface area contributed by atoms with E-state index in [1.807, 2.05) is 0 Å². The van der Waals surface area contributed by atoms with E-state index < -0.39 is 0 Å². The van der Waals surface area contributed by atoms with Crippen molar-refractivity contribution >= 4 is 28.8 Å². The summed E-state index contributed by atoms with van der Waals surface area (Å²) in [6.45, 7) is 4.39. The fourth-order valence-electron chi connectivity index (χ4n) is 2.32. The van der Waals surface area contributed by atoms with Gasteiger partial charge in [0.1, 0.15) is 0 Å². The quantitative estimate of drug-likeness (QED) is 0.488. The molecule has 0 radical (unpaired) electrons. The zero-order chi connectivity index (χ0) is 11.1. The second kappa shape index (κ2) is 3.74. The van der Waals surface area contributed by atoms with E-state index in [4.69, 9.17) is 5.41 Å². The number of benzene rings is 1. The van der Waals surface area contributed by atoms with Gasteiger partial charge in [0.25, 0.3) is 0 Å². The summed E-state index contributed by atoms with van der Waals surface area (Å²) >= 11 is 2.31. The normalized spacial score (nSPS) is 23.7. The number of halogens is 1. The van der Waals surface area contributed by atoms with E-state index in [1.165, 1.54) is 20.9 Å². The highest BCUT2D eigenvalue weighted by molar-refractivity contribution is 14.1. The maximum Gasteiger partial charge on any atom is 0.0253 e. The first-order valence-corrected chi connectivity index (χ1v) is 6.13. The monoisotopic (exact) mass is 311 g/mol. The molecule has 0 fully saturated rings. The van der Waals surface area contributed by atoms with Crippen molar-refractivity contribution in [2.24, 2.45) is 0 Å². The Bertz CT molecular complexity index is 448.